The molecule has 2 nitrogen and oxygen atoms in total. The van der Waals surface area contributed by atoms with Crippen molar-refractivity contribution in [3.8, 4) is 11.3 Å². The van der Waals surface area contributed by atoms with Crippen molar-refractivity contribution in [1.29, 1.82) is 0 Å². The molecule has 0 radical (unpaired) electrons. The summed E-state index contributed by atoms with van der Waals surface area (Å²) < 4.78 is 0. The Labute approximate surface area is 124 Å². The van der Waals surface area contributed by atoms with Crippen LogP contribution in [0.1, 0.15) is 32.6 Å². The standard InChI is InChI=1S/C19H19NO/c1-11-5-7-15(9-13(11)3)19-17(10-21)16-8-6-12(2)14(4)18(16)20-19/h5-10,20H,1-4H3. The second-order valence-electron chi connectivity index (χ2n) is 5.76. The van der Waals surface area contributed by atoms with Crippen LogP contribution in [0.15, 0.2) is 30.3 Å². The molecule has 1 N–H and O–H groups in total. The molecular weight excluding hydrogens is 258 g/mol. The summed E-state index contributed by atoms with van der Waals surface area (Å²) in [7, 11) is 0. The van der Waals surface area contributed by atoms with Gasteiger partial charge in [0, 0.05) is 16.5 Å². The number of fused-ring (bicyclic) bond motifs is 1. The van der Waals surface area contributed by atoms with E-state index in [0.29, 0.717) is 0 Å². The number of rotatable bonds is 2. The van der Waals surface area contributed by atoms with Gasteiger partial charge in [-0.25, -0.2) is 0 Å². The highest BCUT2D eigenvalue weighted by Gasteiger charge is 2.15. The number of hydrogen-bond acceptors (Lipinski definition) is 1. The zero-order chi connectivity index (χ0) is 15.1. The Morgan fingerprint density at radius 1 is 0.905 bits per heavy atom. The quantitative estimate of drug-likeness (QED) is 0.665. The number of benzene rings is 2. The first-order valence-electron chi connectivity index (χ1n) is 7.17. The fraction of sp³-hybridized carbons (Fsp3) is 0.211. The van der Waals surface area contributed by atoms with E-state index in [1.165, 1.54) is 22.3 Å². The van der Waals surface area contributed by atoms with Crippen LogP contribution in [0.4, 0.5) is 0 Å². The number of H-pyrrole nitrogens is 1. The fourth-order valence-corrected chi connectivity index (χ4v) is 2.78. The van der Waals surface area contributed by atoms with Crippen molar-refractivity contribution < 1.29 is 4.79 Å². The largest absolute Gasteiger partial charge is 0.354 e. The summed E-state index contributed by atoms with van der Waals surface area (Å²) >= 11 is 0. The second kappa shape index (κ2) is 4.88. The topological polar surface area (TPSA) is 32.9 Å². The molecule has 0 amide bonds. The number of carbonyl (C=O) groups excluding carboxylic acids is 1. The maximum absolute atomic E-state index is 11.6. The first-order valence-corrected chi connectivity index (χ1v) is 7.17. The maximum atomic E-state index is 11.6. The summed E-state index contributed by atoms with van der Waals surface area (Å²) in [5.41, 5.74) is 8.70. The fourth-order valence-electron chi connectivity index (χ4n) is 2.78. The Morgan fingerprint density at radius 2 is 1.62 bits per heavy atom. The van der Waals surface area contributed by atoms with Crippen LogP contribution in [0.2, 0.25) is 0 Å². The van der Waals surface area contributed by atoms with Crippen LogP contribution in [0.3, 0.4) is 0 Å². The van der Waals surface area contributed by atoms with Gasteiger partial charge in [-0.15, -0.1) is 0 Å². The van der Waals surface area contributed by atoms with E-state index in [1.54, 1.807) is 0 Å². The lowest BCUT2D eigenvalue weighted by molar-refractivity contribution is 0.112. The number of aryl methyl sites for hydroxylation is 4. The Morgan fingerprint density at radius 3 is 2.29 bits per heavy atom. The molecule has 0 saturated heterocycles. The number of nitrogens with one attached hydrogen (secondary N) is 1. The Hall–Kier alpha value is -2.35. The number of aldehydes is 1. The van der Waals surface area contributed by atoms with Crippen molar-refractivity contribution in [3.05, 3.63) is 58.1 Å². The third-order valence-electron chi connectivity index (χ3n) is 4.46. The van der Waals surface area contributed by atoms with Crippen LogP contribution in [0, 0.1) is 27.7 Å². The van der Waals surface area contributed by atoms with Gasteiger partial charge in [0.25, 0.3) is 0 Å². The Balaban J connectivity index is 2.34. The first kappa shape index (κ1) is 13.6. The normalized spacial score (nSPS) is 11.0. The molecular formula is C19H19NO. The lowest BCUT2D eigenvalue weighted by atomic mass is 10.0. The average molecular weight is 277 g/mol. The molecule has 2 aromatic carbocycles. The predicted molar refractivity (Wildman–Crippen MR) is 88.1 cm³/mol. The molecule has 0 fully saturated rings. The highest BCUT2D eigenvalue weighted by atomic mass is 16.1. The summed E-state index contributed by atoms with van der Waals surface area (Å²) in [6, 6.07) is 10.4. The van der Waals surface area contributed by atoms with Gasteiger partial charge in [-0.3, -0.25) is 4.79 Å². The predicted octanol–water partition coefficient (Wildman–Crippen LogP) is 4.88. The van der Waals surface area contributed by atoms with Crippen LogP contribution in [0.25, 0.3) is 22.2 Å². The molecule has 0 saturated carbocycles. The van der Waals surface area contributed by atoms with Crippen LogP contribution in [-0.2, 0) is 0 Å². The van der Waals surface area contributed by atoms with E-state index in [4.69, 9.17) is 0 Å². The summed E-state index contributed by atoms with van der Waals surface area (Å²) in [5, 5.41) is 1.00. The van der Waals surface area contributed by atoms with E-state index in [0.717, 1.165) is 34.0 Å². The highest BCUT2D eigenvalue weighted by Crippen LogP contribution is 2.32. The summed E-state index contributed by atoms with van der Waals surface area (Å²) in [5.74, 6) is 0. The molecule has 2 heteroatoms. The molecule has 106 valence electrons. The Kier molecular flexibility index (Phi) is 3.17. The van der Waals surface area contributed by atoms with Crippen LogP contribution < -0.4 is 0 Å². The minimum Gasteiger partial charge on any atom is -0.354 e. The van der Waals surface area contributed by atoms with Gasteiger partial charge in [-0.2, -0.15) is 0 Å². The van der Waals surface area contributed by atoms with E-state index in [1.807, 2.05) is 6.07 Å². The Bertz CT molecular complexity index is 856. The summed E-state index contributed by atoms with van der Waals surface area (Å²) in [4.78, 5) is 15.1. The monoisotopic (exact) mass is 277 g/mol. The third kappa shape index (κ3) is 2.07. The van der Waals surface area contributed by atoms with Gasteiger partial charge in [-0.1, -0.05) is 24.3 Å². The smallest absolute Gasteiger partial charge is 0.152 e. The van der Waals surface area contributed by atoms with Crippen molar-refractivity contribution in [1.82, 2.24) is 4.98 Å². The molecule has 1 heterocycles. The van der Waals surface area contributed by atoms with Gasteiger partial charge in [0.1, 0.15) is 0 Å². The second-order valence-corrected chi connectivity index (χ2v) is 5.76. The number of aromatic nitrogens is 1. The average Bonchev–Trinajstić information content (AvgIpc) is 2.85. The highest BCUT2D eigenvalue weighted by molar-refractivity contribution is 6.05. The van der Waals surface area contributed by atoms with Crippen molar-refractivity contribution >= 4 is 17.2 Å². The van der Waals surface area contributed by atoms with E-state index in [-0.39, 0.29) is 0 Å². The third-order valence-corrected chi connectivity index (χ3v) is 4.46. The van der Waals surface area contributed by atoms with E-state index < -0.39 is 0 Å². The molecule has 0 aliphatic rings. The van der Waals surface area contributed by atoms with Crippen LogP contribution in [-0.4, -0.2) is 11.3 Å². The molecule has 3 aromatic rings. The van der Waals surface area contributed by atoms with Gasteiger partial charge in [0.15, 0.2) is 6.29 Å². The molecule has 0 spiro atoms. The number of carbonyl (C=O) groups is 1. The lowest BCUT2D eigenvalue weighted by Gasteiger charge is -2.04. The number of hydrogen-bond donors (Lipinski definition) is 1. The minimum absolute atomic E-state index is 0.747. The van der Waals surface area contributed by atoms with Crippen LogP contribution in [0.5, 0.6) is 0 Å². The first-order chi connectivity index (χ1) is 10.0. The summed E-state index contributed by atoms with van der Waals surface area (Å²) in [6.45, 7) is 8.37. The summed E-state index contributed by atoms with van der Waals surface area (Å²) in [6.07, 6.45) is 0.956. The molecule has 0 atom stereocenters. The van der Waals surface area contributed by atoms with Gasteiger partial charge in [0.2, 0.25) is 0 Å². The zero-order valence-corrected chi connectivity index (χ0v) is 12.9. The molecule has 0 unspecified atom stereocenters. The van der Waals surface area contributed by atoms with E-state index in [2.05, 4.69) is 56.9 Å². The van der Waals surface area contributed by atoms with Crippen molar-refractivity contribution in [3.63, 3.8) is 0 Å². The molecule has 3 rings (SSSR count). The molecule has 21 heavy (non-hydrogen) atoms. The van der Waals surface area contributed by atoms with Crippen molar-refractivity contribution in [2.75, 3.05) is 0 Å². The van der Waals surface area contributed by atoms with Gasteiger partial charge in [-0.05, 0) is 61.6 Å². The SMILES string of the molecule is Cc1ccc(-c2[nH]c3c(C)c(C)ccc3c2C=O)cc1C. The van der Waals surface area contributed by atoms with Gasteiger partial charge < -0.3 is 4.98 Å². The van der Waals surface area contributed by atoms with Crippen molar-refractivity contribution in [2.45, 2.75) is 27.7 Å². The van der Waals surface area contributed by atoms with E-state index >= 15 is 0 Å². The van der Waals surface area contributed by atoms with Crippen molar-refractivity contribution in [2.24, 2.45) is 0 Å². The zero-order valence-electron chi connectivity index (χ0n) is 12.9. The molecule has 1 aromatic heterocycles. The maximum Gasteiger partial charge on any atom is 0.152 e. The van der Waals surface area contributed by atoms with E-state index in [9.17, 15) is 4.79 Å². The lowest BCUT2D eigenvalue weighted by Crippen LogP contribution is -1.87. The van der Waals surface area contributed by atoms with Gasteiger partial charge in [0.05, 0.1) is 5.69 Å². The molecule has 0 bridgehead atoms. The number of aromatic amines is 1. The molecule has 0 aliphatic carbocycles. The molecule has 0 aliphatic heterocycles. The minimum atomic E-state index is 0.747. The van der Waals surface area contributed by atoms with Crippen LogP contribution >= 0.6 is 0 Å². The van der Waals surface area contributed by atoms with Gasteiger partial charge >= 0.3 is 0 Å².